The monoisotopic (exact) mass is 511 g/mol. The number of carbonyl (C=O) groups is 2. The Morgan fingerprint density at radius 1 is 1.03 bits per heavy atom. The summed E-state index contributed by atoms with van der Waals surface area (Å²) in [6.45, 7) is 19.3. The molecular weight excluding hydrogens is 466 g/mol. The standard InChI is InChI=1S/C27H39N5O3.C2H6/c1-7-10-23-26(27(20(5)33)30(6)29-23)28-19(4)22-17-21(11-12-25(22)35-9-3)24(34)18-32-15-13-31(8-2)14-16-32;1-2/h11-12,17H,7-10,13-16,18H2,1-6H3;1-2H3. The van der Waals surface area contributed by atoms with Crippen molar-refractivity contribution in [2.24, 2.45) is 12.0 Å². The first kappa shape index (κ1) is 30.4. The first-order valence-corrected chi connectivity index (χ1v) is 13.7. The summed E-state index contributed by atoms with van der Waals surface area (Å²) in [5.74, 6) is 0.683. The van der Waals surface area contributed by atoms with Gasteiger partial charge in [-0.25, -0.2) is 4.99 Å². The number of aromatic nitrogens is 2. The van der Waals surface area contributed by atoms with Crippen molar-refractivity contribution in [3.8, 4) is 5.75 Å². The molecule has 37 heavy (non-hydrogen) atoms. The van der Waals surface area contributed by atoms with E-state index in [0.29, 0.717) is 41.6 Å². The molecule has 0 radical (unpaired) electrons. The molecule has 1 aliphatic heterocycles. The van der Waals surface area contributed by atoms with Crippen molar-refractivity contribution >= 4 is 23.0 Å². The van der Waals surface area contributed by atoms with Gasteiger partial charge in [-0.15, -0.1) is 0 Å². The van der Waals surface area contributed by atoms with Crippen molar-refractivity contribution in [3.63, 3.8) is 0 Å². The minimum Gasteiger partial charge on any atom is -0.493 e. The molecule has 0 unspecified atom stereocenters. The van der Waals surface area contributed by atoms with Crippen molar-refractivity contribution in [3.05, 3.63) is 40.7 Å². The normalized spacial score (nSPS) is 14.8. The van der Waals surface area contributed by atoms with Gasteiger partial charge in [-0.3, -0.25) is 19.2 Å². The molecule has 8 heteroatoms. The molecule has 0 atom stereocenters. The first-order valence-electron chi connectivity index (χ1n) is 13.7. The number of hydrogen-bond acceptors (Lipinski definition) is 7. The summed E-state index contributed by atoms with van der Waals surface area (Å²) >= 11 is 0. The number of hydrogen-bond donors (Lipinski definition) is 0. The van der Waals surface area contributed by atoms with E-state index in [1.807, 2.05) is 45.9 Å². The highest BCUT2D eigenvalue weighted by Crippen LogP contribution is 2.29. The van der Waals surface area contributed by atoms with E-state index in [1.54, 1.807) is 11.7 Å². The molecule has 3 rings (SSSR count). The van der Waals surface area contributed by atoms with Crippen molar-refractivity contribution < 1.29 is 14.3 Å². The predicted molar refractivity (Wildman–Crippen MR) is 151 cm³/mol. The molecule has 0 aliphatic carbocycles. The summed E-state index contributed by atoms with van der Waals surface area (Å²) < 4.78 is 7.48. The molecule has 204 valence electrons. The molecule has 2 aromatic rings. The van der Waals surface area contributed by atoms with E-state index < -0.39 is 0 Å². The molecule has 8 nitrogen and oxygen atoms in total. The molecule has 1 aliphatic rings. The van der Waals surface area contributed by atoms with E-state index in [4.69, 9.17) is 9.73 Å². The number of aryl methyl sites for hydroxylation is 2. The van der Waals surface area contributed by atoms with Crippen molar-refractivity contribution in [1.82, 2.24) is 19.6 Å². The first-order chi connectivity index (χ1) is 17.8. The van der Waals surface area contributed by atoms with Crippen LogP contribution in [0.1, 0.15) is 87.0 Å². The number of carbonyl (C=O) groups excluding carboxylic acids is 2. The number of Topliss-reactive ketones (excluding diaryl/α,β-unsaturated/α-hetero) is 2. The van der Waals surface area contributed by atoms with Crippen LogP contribution in [-0.2, 0) is 13.5 Å². The smallest absolute Gasteiger partial charge is 0.180 e. The number of ether oxygens (including phenoxy) is 1. The summed E-state index contributed by atoms with van der Waals surface area (Å²) in [5.41, 5.74) is 3.98. The zero-order chi connectivity index (χ0) is 27.5. The third kappa shape index (κ3) is 7.82. The van der Waals surface area contributed by atoms with Gasteiger partial charge in [-0.1, -0.05) is 34.1 Å². The van der Waals surface area contributed by atoms with Gasteiger partial charge < -0.3 is 9.64 Å². The van der Waals surface area contributed by atoms with Crippen LogP contribution < -0.4 is 4.74 Å². The van der Waals surface area contributed by atoms with Gasteiger partial charge in [0, 0.05) is 57.0 Å². The lowest BCUT2D eigenvalue weighted by Crippen LogP contribution is -2.47. The molecule has 1 aromatic carbocycles. The number of aliphatic imine (C=N–C) groups is 1. The Bertz CT molecular complexity index is 1080. The van der Waals surface area contributed by atoms with Crippen LogP contribution in [-0.4, -0.2) is 82.7 Å². The maximum atomic E-state index is 13.2. The van der Waals surface area contributed by atoms with Gasteiger partial charge in [0.05, 0.1) is 18.8 Å². The Kier molecular flexibility index (Phi) is 12.1. The molecule has 0 bridgehead atoms. The van der Waals surface area contributed by atoms with Crippen LogP contribution in [0.5, 0.6) is 5.75 Å². The molecule has 0 N–H and O–H groups in total. The fourth-order valence-corrected chi connectivity index (χ4v) is 4.54. The van der Waals surface area contributed by atoms with Crippen LogP contribution in [0.2, 0.25) is 0 Å². The fraction of sp³-hybridized carbons (Fsp3) is 0.586. The van der Waals surface area contributed by atoms with Crippen LogP contribution in [0.3, 0.4) is 0 Å². The number of benzene rings is 1. The maximum Gasteiger partial charge on any atom is 0.180 e. The van der Waals surface area contributed by atoms with Crippen molar-refractivity contribution in [2.75, 3.05) is 45.9 Å². The predicted octanol–water partition coefficient (Wildman–Crippen LogP) is 4.96. The topological polar surface area (TPSA) is 80.0 Å². The molecular formula is C29H45N5O3. The van der Waals surface area contributed by atoms with E-state index >= 15 is 0 Å². The van der Waals surface area contributed by atoms with Crippen molar-refractivity contribution in [1.29, 1.82) is 0 Å². The Labute approximate surface area is 222 Å². The Morgan fingerprint density at radius 2 is 1.68 bits per heavy atom. The second-order valence-corrected chi connectivity index (χ2v) is 9.05. The quantitative estimate of drug-likeness (QED) is 0.313. The zero-order valence-corrected chi connectivity index (χ0v) is 24.1. The Balaban J connectivity index is 0.00000235. The minimum atomic E-state index is -0.0777. The average Bonchev–Trinajstić information content (AvgIpc) is 3.20. The van der Waals surface area contributed by atoms with E-state index in [1.165, 1.54) is 6.92 Å². The molecule has 1 saturated heterocycles. The van der Waals surface area contributed by atoms with E-state index in [9.17, 15) is 9.59 Å². The Hall–Kier alpha value is -2.84. The van der Waals surface area contributed by atoms with E-state index in [0.717, 1.165) is 56.8 Å². The van der Waals surface area contributed by atoms with Gasteiger partial charge in [0.15, 0.2) is 11.6 Å². The Morgan fingerprint density at radius 3 is 2.24 bits per heavy atom. The van der Waals surface area contributed by atoms with Crippen LogP contribution in [0.4, 0.5) is 5.69 Å². The van der Waals surface area contributed by atoms with Crippen LogP contribution in [0.25, 0.3) is 0 Å². The molecule has 0 saturated carbocycles. The molecule has 0 amide bonds. The highest BCUT2D eigenvalue weighted by molar-refractivity contribution is 6.07. The number of nitrogens with zero attached hydrogens (tertiary/aromatic N) is 5. The second-order valence-electron chi connectivity index (χ2n) is 9.05. The summed E-state index contributed by atoms with van der Waals surface area (Å²) in [6, 6.07) is 5.56. The van der Waals surface area contributed by atoms with Gasteiger partial charge in [0.2, 0.25) is 0 Å². The number of ketones is 2. The molecule has 0 spiro atoms. The lowest BCUT2D eigenvalue weighted by Gasteiger charge is -2.33. The second kappa shape index (κ2) is 14.8. The number of rotatable bonds is 11. The van der Waals surface area contributed by atoms with Crippen LogP contribution in [0.15, 0.2) is 23.2 Å². The maximum absolute atomic E-state index is 13.2. The van der Waals surface area contributed by atoms with Crippen LogP contribution in [0, 0.1) is 0 Å². The zero-order valence-electron chi connectivity index (χ0n) is 24.1. The van der Waals surface area contributed by atoms with Gasteiger partial charge in [-0.05, 0) is 45.0 Å². The summed E-state index contributed by atoms with van der Waals surface area (Å²) in [4.78, 5) is 35.0. The van der Waals surface area contributed by atoms with Gasteiger partial charge in [-0.2, -0.15) is 5.10 Å². The lowest BCUT2D eigenvalue weighted by atomic mass is 10.0. The highest BCUT2D eigenvalue weighted by Gasteiger charge is 2.22. The summed E-state index contributed by atoms with van der Waals surface area (Å²) in [7, 11) is 1.77. The van der Waals surface area contributed by atoms with Crippen molar-refractivity contribution in [2.45, 2.75) is 61.3 Å². The van der Waals surface area contributed by atoms with Gasteiger partial charge in [0.25, 0.3) is 0 Å². The van der Waals surface area contributed by atoms with E-state index in [2.05, 4.69) is 28.7 Å². The summed E-state index contributed by atoms with van der Waals surface area (Å²) in [5, 5.41) is 4.54. The minimum absolute atomic E-state index is 0.0777. The lowest BCUT2D eigenvalue weighted by molar-refractivity contribution is 0.0858. The highest BCUT2D eigenvalue weighted by atomic mass is 16.5. The van der Waals surface area contributed by atoms with Gasteiger partial charge in [0.1, 0.15) is 17.1 Å². The summed E-state index contributed by atoms with van der Waals surface area (Å²) in [6.07, 6.45) is 1.63. The third-order valence-corrected chi connectivity index (χ3v) is 6.46. The molecule has 2 heterocycles. The molecule has 1 aromatic heterocycles. The fourth-order valence-electron chi connectivity index (χ4n) is 4.54. The number of likely N-dealkylation sites (N-methyl/N-ethyl adjacent to an activating group) is 1. The number of piperazine rings is 1. The molecule has 1 fully saturated rings. The SMILES string of the molecule is CC.CCCc1nn(C)c(C(C)=O)c1N=C(C)c1cc(C(=O)CN2CCN(CC)CC2)ccc1OCC. The largest absolute Gasteiger partial charge is 0.493 e. The average molecular weight is 512 g/mol. The third-order valence-electron chi connectivity index (χ3n) is 6.46. The van der Waals surface area contributed by atoms with E-state index in [-0.39, 0.29) is 11.6 Å². The van der Waals surface area contributed by atoms with Gasteiger partial charge >= 0.3 is 0 Å². The van der Waals surface area contributed by atoms with Crippen LogP contribution >= 0.6 is 0 Å².